The zero-order valence-electron chi connectivity index (χ0n) is 12.0. The number of halogens is 2. The number of nitrogens with two attached hydrogens (primary N) is 1. The van der Waals surface area contributed by atoms with E-state index >= 15 is 0 Å². The summed E-state index contributed by atoms with van der Waals surface area (Å²) >= 11 is 11.8. The largest absolute Gasteiger partial charge is 0.351 e. The van der Waals surface area contributed by atoms with Gasteiger partial charge in [-0.05, 0) is 24.0 Å². The Labute approximate surface area is 134 Å². The average molecular weight is 353 g/mol. The standard InChI is InChI=1S/C13H18Cl2N2O3S/c1-4-13(2,3)7-17-12(18)9-5-8(21(16,19)20)6-10(14)11(9)15/h5-6H,4,7H2,1-3H3,(H,17,18)(H2,16,19,20). The SMILES string of the molecule is CCC(C)(C)CNC(=O)c1cc(S(N)(=O)=O)cc(Cl)c1Cl. The van der Waals surface area contributed by atoms with Gasteiger partial charge in [0.15, 0.2) is 0 Å². The first kappa shape index (κ1) is 18.2. The first-order chi connectivity index (χ1) is 9.48. The van der Waals surface area contributed by atoms with Crippen LogP contribution in [0.1, 0.15) is 37.6 Å². The van der Waals surface area contributed by atoms with Gasteiger partial charge in [0.2, 0.25) is 10.0 Å². The summed E-state index contributed by atoms with van der Waals surface area (Å²) in [6.07, 6.45) is 0.874. The van der Waals surface area contributed by atoms with Gasteiger partial charge >= 0.3 is 0 Å². The lowest BCUT2D eigenvalue weighted by Crippen LogP contribution is -2.33. The van der Waals surface area contributed by atoms with Crippen molar-refractivity contribution in [3.05, 3.63) is 27.7 Å². The van der Waals surface area contributed by atoms with Crippen molar-refractivity contribution in [1.82, 2.24) is 5.32 Å². The minimum Gasteiger partial charge on any atom is -0.351 e. The Balaban J connectivity index is 3.13. The molecule has 1 rings (SSSR count). The first-order valence-electron chi connectivity index (χ1n) is 6.28. The van der Waals surface area contributed by atoms with Crippen LogP contribution < -0.4 is 10.5 Å². The predicted octanol–water partition coefficient (Wildman–Crippen LogP) is 2.81. The molecule has 0 radical (unpaired) electrons. The van der Waals surface area contributed by atoms with E-state index in [1.54, 1.807) is 0 Å². The van der Waals surface area contributed by atoms with Gasteiger partial charge in [-0.15, -0.1) is 0 Å². The van der Waals surface area contributed by atoms with Gasteiger partial charge in [0.05, 0.1) is 20.5 Å². The van der Waals surface area contributed by atoms with Crippen LogP contribution >= 0.6 is 23.2 Å². The Morgan fingerprint density at radius 2 is 1.90 bits per heavy atom. The third-order valence-corrected chi connectivity index (χ3v) is 4.95. The molecular formula is C13H18Cl2N2O3S. The Morgan fingerprint density at radius 3 is 2.38 bits per heavy atom. The summed E-state index contributed by atoms with van der Waals surface area (Å²) in [4.78, 5) is 11.9. The van der Waals surface area contributed by atoms with E-state index < -0.39 is 15.9 Å². The van der Waals surface area contributed by atoms with E-state index in [4.69, 9.17) is 28.3 Å². The Bertz CT molecular complexity index is 658. The number of nitrogens with one attached hydrogen (secondary N) is 1. The van der Waals surface area contributed by atoms with Gasteiger partial charge in [-0.3, -0.25) is 4.79 Å². The quantitative estimate of drug-likeness (QED) is 0.853. The number of carbonyl (C=O) groups excluding carboxylic acids is 1. The zero-order chi connectivity index (χ0) is 16.4. The predicted molar refractivity (Wildman–Crippen MR) is 84.2 cm³/mol. The van der Waals surface area contributed by atoms with Crippen LogP contribution in [-0.4, -0.2) is 20.9 Å². The van der Waals surface area contributed by atoms with E-state index in [0.29, 0.717) is 6.54 Å². The molecule has 0 spiro atoms. The smallest absolute Gasteiger partial charge is 0.252 e. The molecule has 3 N–H and O–H groups in total. The molecule has 0 unspecified atom stereocenters. The summed E-state index contributed by atoms with van der Waals surface area (Å²) in [6, 6.07) is 2.24. The van der Waals surface area contributed by atoms with Crippen LogP contribution in [-0.2, 0) is 10.0 Å². The maximum Gasteiger partial charge on any atom is 0.252 e. The summed E-state index contributed by atoms with van der Waals surface area (Å²) in [5.74, 6) is -0.492. The molecular weight excluding hydrogens is 335 g/mol. The van der Waals surface area contributed by atoms with Gasteiger partial charge in [0.25, 0.3) is 5.91 Å². The topological polar surface area (TPSA) is 89.3 Å². The first-order valence-corrected chi connectivity index (χ1v) is 8.58. The molecule has 0 aliphatic rings. The van der Waals surface area contributed by atoms with E-state index in [1.807, 2.05) is 20.8 Å². The lowest BCUT2D eigenvalue weighted by Gasteiger charge is -2.23. The van der Waals surface area contributed by atoms with E-state index in [2.05, 4.69) is 5.32 Å². The van der Waals surface area contributed by atoms with Crippen LogP contribution in [0.4, 0.5) is 0 Å². The van der Waals surface area contributed by atoms with Crippen molar-refractivity contribution >= 4 is 39.1 Å². The van der Waals surface area contributed by atoms with Gasteiger partial charge < -0.3 is 5.32 Å². The maximum atomic E-state index is 12.2. The molecule has 5 nitrogen and oxygen atoms in total. The molecule has 0 heterocycles. The molecule has 1 amide bonds. The number of hydrogen-bond acceptors (Lipinski definition) is 3. The molecule has 118 valence electrons. The molecule has 21 heavy (non-hydrogen) atoms. The van der Waals surface area contributed by atoms with Crippen molar-refractivity contribution in [3.8, 4) is 0 Å². The van der Waals surface area contributed by atoms with Gasteiger partial charge in [0.1, 0.15) is 0 Å². The van der Waals surface area contributed by atoms with Crippen LogP contribution in [0, 0.1) is 5.41 Å². The second kappa shape index (κ2) is 6.52. The highest BCUT2D eigenvalue weighted by Crippen LogP contribution is 2.29. The molecule has 0 aliphatic carbocycles. The minimum absolute atomic E-state index is 0.00382. The second-order valence-electron chi connectivity index (χ2n) is 5.51. The number of rotatable bonds is 5. The summed E-state index contributed by atoms with van der Waals surface area (Å²) < 4.78 is 22.8. The van der Waals surface area contributed by atoms with Gasteiger partial charge in [0, 0.05) is 6.54 Å². The van der Waals surface area contributed by atoms with Gasteiger partial charge in [-0.1, -0.05) is 44.0 Å². The van der Waals surface area contributed by atoms with Crippen molar-refractivity contribution < 1.29 is 13.2 Å². The van der Waals surface area contributed by atoms with E-state index in [0.717, 1.165) is 18.6 Å². The highest BCUT2D eigenvalue weighted by Gasteiger charge is 2.21. The molecule has 8 heteroatoms. The van der Waals surface area contributed by atoms with Crippen LogP contribution in [0.5, 0.6) is 0 Å². The summed E-state index contributed by atoms with van der Waals surface area (Å²) in [7, 11) is -3.97. The Hall–Kier alpha value is -0.820. The monoisotopic (exact) mass is 352 g/mol. The van der Waals surface area contributed by atoms with E-state index in [1.165, 1.54) is 0 Å². The maximum absolute atomic E-state index is 12.2. The third-order valence-electron chi connectivity index (χ3n) is 3.26. The Kier molecular flexibility index (Phi) is 5.66. The molecule has 0 bridgehead atoms. The number of sulfonamides is 1. The Morgan fingerprint density at radius 1 is 1.33 bits per heavy atom. The summed E-state index contributed by atoms with van der Waals surface area (Å²) in [5, 5.41) is 7.72. The normalized spacial score (nSPS) is 12.3. The van der Waals surface area contributed by atoms with Crippen molar-refractivity contribution in [1.29, 1.82) is 0 Å². The van der Waals surface area contributed by atoms with Crippen LogP contribution in [0.15, 0.2) is 17.0 Å². The van der Waals surface area contributed by atoms with Crippen LogP contribution in [0.2, 0.25) is 10.0 Å². The average Bonchev–Trinajstić information content (AvgIpc) is 2.38. The fourth-order valence-corrected chi connectivity index (χ4v) is 2.48. The molecule has 0 saturated carbocycles. The van der Waals surface area contributed by atoms with Crippen LogP contribution in [0.3, 0.4) is 0 Å². The van der Waals surface area contributed by atoms with Crippen molar-refractivity contribution in [2.45, 2.75) is 32.1 Å². The number of amides is 1. The summed E-state index contributed by atoms with van der Waals surface area (Å²) in [5.41, 5.74) is -0.0937. The molecule has 1 aromatic carbocycles. The lowest BCUT2D eigenvalue weighted by molar-refractivity contribution is 0.0935. The number of benzene rings is 1. The molecule has 0 aliphatic heterocycles. The third kappa shape index (κ3) is 4.85. The molecule has 0 atom stereocenters. The summed E-state index contributed by atoms with van der Waals surface area (Å²) in [6.45, 7) is 6.44. The lowest BCUT2D eigenvalue weighted by atomic mass is 9.90. The number of hydrogen-bond donors (Lipinski definition) is 2. The molecule has 0 saturated heterocycles. The van der Waals surface area contributed by atoms with Crippen molar-refractivity contribution in [2.24, 2.45) is 10.6 Å². The number of carbonyl (C=O) groups is 1. The van der Waals surface area contributed by atoms with Crippen molar-refractivity contribution in [2.75, 3.05) is 6.54 Å². The zero-order valence-corrected chi connectivity index (χ0v) is 14.4. The highest BCUT2D eigenvalue weighted by atomic mass is 35.5. The number of primary sulfonamides is 1. The van der Waals surface area contributed by atoms with Gasteiger partial charge in [-0.2, -0.15) is 0 Å². The van der Waals surface area contributed by atoms with Crippen molar-refractivity contribution in [3.63, 3.8) is 0 Å². The highest BCUT2D eigenvalue weighted by molar-refractivity contribution is 7.89. The van der Waals surface area contributed by atoms with E-state index in [-0.39, 0.29) is 25.9 Å². The second-order valence-corrected chi connectivity index (χ2v) is 7.86. The molecule has 0 fully saturated rings. The fraction of sp³-hybridized carbons (Fsp3) is 0.462. The van der Waals surface area contributed by atoms with Crippen LogP contribution in [0.25, 0.3) is 0 Å². The molecule has 1 aromatic rings. The fourth-order valence-electron chi connectivity index (χ4n) is 1.43. The van der Waals surface area contributed by atoms with E-state index in [9.17, 15) is 13.2 Å². The van der Waals surface area contributed by atoms with Gasteiger partial charge in [-0.25, -0.2) is 13.6 Å². The minimum atomic E-state index is -3.97. The molecule has 0 aromatic heterocycles.